The van der Waals surface area contributed by atoms with E-state index in [9.17, 15) is 24.0 Å². The van der Waals surface area contributed by atoms with E-state index in [0.29, 0.717) is 25.8 Å². The average molecular weight is 645 g/mol. The lowest BCUT2D eigenvalue weighted by molar-refractivity contribution is -0.127. The molecule has 1 heterocycles. The summed E-state index contributed by atoms with van der Waals surface area (Å²) in [4.78, 5) is 38.5. The summed E-state index contributed by atoms with van der Waals surface area (Å²) in [7, 11) is 0. The summed E-state index contributed by atoms with van der Waals surface area (Å²) in [6.07, 6.45) is 1.54. The standard InChI is InChI=1S/C26H16Br2FN3O4S/c27-20-8-15(9-21(28)24(20)36-14-17-5-2-1-4-16(17)12-30)10-22-25(34)32(26(35)37-22)13-23(33)31-19-7-3-6-18(29)11-19/h1-11H,13-14H2,(H,31,33)/b22-10+. The Morgan fingerprint density at radius 1 is 1.11 bits per heavy atom. The maximum absolute atomic E-state index is 13.3. The van der Waals surface area contributed by atoms with E-state index in [-0.39, 0.29) is 17.2 Å². The van der Waals surface area contributed by atoms with E-state index in [1.54, 1.807) is 30.3 Å². The summed E-state index contributed by atoms with van der Waals surface area (Å²) < 4.78 is 20.4. The zero-order valence-corrected chi connectivity index (χ0v) is 22.8. The van der Waals surface area contributed by atoms with Crippen molar-refractivity contribution in [1.29, 1.82) is 5.26 Å². The van der Waals surface area contributed by atoms with Crippen LogP contribution in [-0.4, -0.2) is 28.5 Å². The second-order valence-corrected chi connectivity index (χ2v) is 10.4. The Kier molecular flexibility index (Phi) is 8.43. The van der Waals surface area contributed by atoms with Crippen LogP contribution in [0.1, 0.15) is 16.7 Å². The first kappa shape index (κ1) is 26.6. The van der Waals surface area contributed by atoms with E-state index in [1.165, 1.54) is 18.2 Å². The first-order chi connectivity index (χ1) is 17.7. The normalized spacial score (nSPS) is 14.1. The molecule has 0 bridgehead atoms. The van der Waals surface area contributed by atoms with E-state index >= 15 is 0 Å². The number of anilines is 1. The van der Waals surface area contributed by atoms with Crippen LogP contribution in [0.3, 0.4) is 0 Å². The molecule has 1 saturated heterocycles. The van der Waals surface area contributed by atoms with Gasteiger partial charge in [-0.15, -0.1) is 0 Å². The molecule has 1 N–H and O–H groups in total. The van der Waals surface area contributed by atoms with Crippen LogP contribution < -0.4 is 10.1 Å². The lowest BCUT2D eigenvalue weighted by atomic mass is 10.1. The van der Waals surface area contributed by atoms with Crippen LogP contribution in [0.5, 0.6) is 5.75 Å². The first-order valence-corrected chi connectivity index (χ1v) is 13.1. The molecule has 0 aromatic heterocycles. The van der Waals surface area contributed by atoms with Crippen molar-refractivity contribution in [2.24, 2.45) is 0 Å². The van der Waals surface area contributed by atoms with Crippen molar-refractivity contribution in [3.8, 4) is 11.8 Å². The third-order valence-electron chi connectivity index (χ3n) is 5.11. The molecule has 37 heavy (non-hydrogen) atoms. The van der Waals surface area contributed by atoms with Crippen molar-refractivity contribution >= 4 is 72.4 Å². The highest BCUT2D eigenvalue weighted by molar-refractivity contribution is 9.11. The van der Waals surface area contributed by atoms with Gasteiger partial charge in [0, 0.05) is 11.3 Å². The molecular formula is C26H16Br2FN3O4S. The molecule has 0 aliphatic carbocycles. The molecule has 1 aliphatic rings. The Morgan fingerprint density at radius 3 is 2.54 bits per heavy atom. The molecule has 4 rings (SSSR count). The molecule has 0 unspecified atom stereocenters. The fraction of sp³-hybridized carbons (Fsp3) is 0.0769. The quantitative estimate of drug-likeness (QED) is 0.296. The number of hydrogen-bond donors (Lipinski definition) is 1. The molecule has 3 aromatic rings. The van der Waals surface area contributed by atoms with Gasteiger partial charge in [0.2, 0.25) is 5.91 Å². The number of hydrogen-bond acceptors (Lipinski definition) is 6. The zero-order valence-electron chi connectivity index (χ0n) is 18.8. The number of carbonyl (C=O) groups excluding carboxylic acids is 3. The summed E-state index contributed by atoms with van der Waals surface area (Å²) in [5.74, 6) is -1.25. The van der Waals surface area contributed by atoms with Crippen molar-refractivity contribution in [1.82, 2.24) is 4.90 Å². The highest BCUT2D eigenvalue weighted by Crippen LogP contribution is 2.38. The van der Waals surface area contributed by atoms with Crippen molar-refractivity contribution in [3.05, 3.63) is 97.0 Å². The Bertz CT molecular complexity index is 1470. The summed E-state index contributed by atoms with van der Waals surface area (Å²) in [6.45, 7) is -0.320. The molecule has 3 amide bonds. The highest BCUT2D eigenvalue weighted by atomic mass is 79.9. The number of nitrogens with zero attached hydrogens (tertiary/aromatic N) is 2. The number of carbonyl (C=O) groups is 3. The number of thioether (sulfide) groups is 1. The smallest absolute Gasteiger partial charge is 0.294 e. The summed E-state index contributed by atoms with van der Waals surface area (Å²) in [6, 6.07) is 18.0. The second-order valence-electron chi connectivity index (χ2n) is 7.70. The number of benzene rings is 3. The van der Waals surface area contributed by atoms with Gasteiger partial charge in [-0.1, -0.05) is 24.3 Å². The third-order valence-corrected chi connectivity index (χ3v) is 7.20. The van der Waals surface area contributed by atoms with Crippen molar-refractivity contribution in [2.45, 2.75) is 6.61 Å². The molecule has 7 nitrogen and oxygen atoms in total. The number of nitrogens with one attached hydrogen (secondary N) is 1. The minimum Gasteiger partial charge on any atom is -0.486 e. The zero-order chi connectivity index (χ0) is 26.5. The van der Waals surface area contributed by atoms with Crippen molar-refractivity contribution in [3.63, 3.8) is 0 Å². The van der Waals surface area contributed by atoms with Crippen LogP contribution in [0.15, 0.2) is 74.5 Å². The van der Waals surface area contributed by atoms with Gasteiger partial charge in [-0.25, -0.2) is 4.39 Å². The van der Waals surface area contributed by atoms with Gasteiger partial charge in [-0.05, 0) is 91.7 Å². The predicted octanol–water partition coefficient (Wildman–Crippen LogP) is 6.48. The van der Waals surface area contributed by atoms with Gasteiger partial charge in [0.25, 0.3) is 11.1 Å². The van der Waals surface area contributed by atoms with Gasteiger partial charge in [0.1, 0.15) is 24.7 Å². The fourth-order valence-corrected chi connectivity index (χ4v) is 5.69. The van der Waals surface area contributed by atoms with Gasteiger partial charge >= 0.3 is 0 Å². The number of ether oxygens (including phenoxy) is 1. The minimum atomic E-state index is -0.626. The van der Waals surface area contributed by atoms with E-state index in [1.807, 2.05) is 12.1 Å². The Morgan fingerprint density at radius 2 is 1.84 bits per heavy atom. The van der Waals surface area contributed by atoms with Crippen LogP contribution in [-0.2, 0) is 16.2 Å². The van der Waals surface area contributed by atoms with Gasteiger partial charge in [-0.3, -0.25) is 19.3 Å². The fourth-order valence-electron chi connectivity index (χ4n) is 3.40. The van der Waals surface area contributed by atoms with Crippen LogP contribution in [0.25, 0.3) is 6.08 Å². The molecule has 0 atom stereocenters. The first-order valence-electron chi connectivity index (χ1n) is 10.7. The second kappa shape index (κ2) is 11.7. The van der Waals surface area contributed by atoms with Gasteiger partial charge in [0.05, 0.1) is 25.5 Å². The predicted molar refractivity (Wildman–Crippen MR) is 145 cm³/mol. The maximum atomic E-state index is 13.3. The van der Waals surface area contributed by atoms with E-state index in [0.717, 1.165) is 28.3 Å². The lowest BCUT2D eigenvalue weighted by Gasteiger charge is -2.13. The summed E-state index contributed by atoms with van der Waals surface area (Å²) >= 11 is 7.65. The molecular weight excluding hydrogens is 629 g/mol. The summed E-state index contributed by atoms with van der Waals surface area (Å²) in [5.41, 5.74) is 2.09. The largest absolute Gasteiger partial charge is 0.486 e. The summed E-state index contributed by atoms with van der Waals surface area (Å²) in [5, 5.41) is 11.1. The number of imide groups is 1. The number of rotatable bonds is 7. The Hall–Kier alpha value is -3.46. The van der Waals surface area contributed by atoms with E-state index in [4.69, 9.17) is 4.74 Å². The molecule has 0 spiro atoms. The van der Waals surface area contributed by atoms with Crippen molar-refractivity contribution < 1.29 is 23.5 Å². The SMILES string of the molecule is N#Cc1ccccc1COc1c(Br)cc(/C=C2/SC(=O)N(CC(=O)Nc3cccc(F)c3)C2=O)cc1Br. The van der Waals surface area contributed by atoms with Gasteiger partial charge < -0.3 is 10.1 Å². The van der Waals surface area contributed by atoms with E-state index in [2.05, 4.69) is 43.2 Å². The monoisotopic (exact) mass is 643 g/mol. The maximum Gasteiger partial charge on any atom is 0.294 e. The average Bonchev–Trinajstić information content (AvgIpc) is 3.11. The van der Waals surface area contributed by atoms with Crippen LogP contribution in [0.2, 0.25) is 0 Å². The van der Waals surface area contributed by atoms with Gasteiger partial charge in [-0.2, -0.15) is 5.26 Å². The molecule has 0 saturated carbocycles. The molecule has 0 radical (unpaired) electrons. The molecule has 186 valence electrons. The van der Waals surface area contributed by atoms with Crippen LogP contribution in [0.4, 0.5) is 14.9 Å². The minimum absolute atomic E-state index is 0.152. The topological polar surface area (TPSA) is 99.5 Å². The highest BCUT2D eigenvalue weighted by Gasteiger charge is 2.36. The lowest BCUT2D eigenvalue weighted by Crippen LogP contribution is -2.36. The number of nitriles is 1. The van der Waals surface area contributed by atoms with E-state index < -0.39 is 29.4 Å². The number of amides is 3. The van der Waals surface area contributed by atoms with Crippen LogP contribution in [0, 0.1) is 17.1 Å². The van der Waals surface area contributed by atoms with Gasteiger partial charge in [0.15, 0.2) is 0 Å². The number of halogens is 3. The third kappa shape index (κ3) is 6.46. The van der Waals surface area contributed by atoms with Crippen molar-refractivity contribution in [2.75, 3.05) is 11.9 Å². The Balaban J connectivity index is 1.45. The molecule has 1 fully saturated rings. The molecule has 3 aromatic carbocycles. The molecule has 11 heteroatoms. The van der Waals surface area contributed by atoms with Crippen LogP contribution >= 0.6 is 43.6 Å². The molecule has 1 aliphatic heterocycles. The Labute approximate surface area is 232 Å².